The number of nitro benzene ring substituents is 1. The summed E-state index contributed by atoms with van der Waals surface area (Å²) in [7, 11) is -1.69. The van der Waals surface area contributed by atoms with Gasteiger partial charge in [0.05, 0.1) is 34.0 Å². The number of H-pyrrole nitrogens is 1. The molecule has 0 amide bonds. The van der Waals surface area contributed by atoms with E-state index in [0.717, 1.165) is 4.57 Å². The number of aromatic nitrogens is 2. The normalized spacial score (nSPS) is 22.8. The molecule has 154 valence electrons. The fourth-order valence-corrected chi connectivity index (χ4v) is 3.63. The zero-order valence-corrected chi connectivity index (χ0v) is 15.7. The minimum Gasteiger partial charge on any atom is -0.394 e. The molecule has 1 aromatic heterocycles. The Morgan fingerprint density at radius 3 is 2.62 bits per heavy atom. The molecule has 1 aliphatic rings. The van der Waals surface area contributed by atoms with Crippen molar-refractivity contribution in [3.05, 3.63) is 72.4 Å². The molecule has 3 rings (SSSR count). The summed E-state index contributed by atoms with van der Waals surface area (Å²) < 4.78 is 18.8. The summed E-state index contributed by atoms with van der Waals surface area (Å²) in [6.45, 7) is -0.420. The summed E-state index contributed by atoms with van der Waals surface area (Å²) in [4.78, 5) is 36.6. The lowest BCUT2D eigenvalue weighted by atomic mass is 10.2. The first kappa shape index (κ1) is 20.8. The van der Waals surface area contributed by atoms with E-state index in [-0.39, 0.29) is 17.7 Å². The van der Waals surface area contributed by atoms with Gasteiger partial charge in [-0.25, -0.2) is 9.00 Å². The third-order valence-corrected chi connectivity index (χ3v) is 5.46. The molecule has 1 unspecified atom stereocenters. The highest BCUT2D eigenvalue weighted by molar-refractivity contribution is 7.88. The molecular weight excluding hydrogens is 406 g/mol. The molecule has 12 heteroatoms. The number of aliphatic hydroxyl groups excluding tert-OH is 2. The first-order valence-electron chi connectivity index (χ1n) is 8.43. The summed E-state index contributed by atoms with van der Waals surface area (Å²) >= 11 is 0. The van der Waals surface area contributed by atoms with Crippen molar-refractivity contribution in [2.24, 2.45) is 0 Å². The summed E-state index contributed by atoms with van der Waals surface area (Å²) in [6, 6.07) is 5.11. The standard InChI is InChI=1S/C17H17N3O8S/c21-9-14-13(22)7-15(28-14)19-8-10(16(23)18-17(19)24)5-6-29(27)12-3-1-11(2-4-12)20(25)26/h1-6,8,13-15,21-22H,7,9H2,(H,18,23,24)/b6-5+/t13-,14+,15+,29?/m0/s1. The number of hydrogen-bond acceptors (Lipinski definition) is 8. The van der Waals surface area contributed by atoms with E-state index in [4.69, 9.17) is 9.84 Å². The topological polar surface area (TPSA) is 165 Å². The lowest BCUT2D eigenvalue weighted by molar-refractivity contribution is -0.384. The number of hydrogen-bond donors (Lipinski definition) is 3. The van der Waals surface area contributed by atoms with Crippen LogP contribution in [0.5, 0.6) is 0 Å². The molecule has 2 aromatic rings. The monoisotopic (exact) mass is 423 g/mol. The number of aliphatic hydroxyl groups is 2. The quantitative estimate of drug-likeness (QED) is 0.427. The number of non-ortho nitro benzene ring substituents is 1. The van der Waals surface area contributed by atoms with Crippen LogP contribution in [-0.2, 0) is 15.5 Å². The molecule has 1 aromatic carbocycles. The van der Waals surface area contributed by atoms with Crippen molar-refractivity contribution >= 4 is 22.6 Å². The third kappa shape index (κ3) is 4.56. The van der Waals surface area contributed by atoms with Gasteiger partial charge >= 0.3 is 5.69 Å². The van der Waals surface area contributed by atoms with Crippen LogP contribution in [0.4, 0.5) is 5.69 Å². The van der Waals surface area contributed by atoms with Gasteiger partial charge in [0.1, 0.15) is 12.3 Å². The molecule has 2 heterocycles. The predicted molar refractivity (Wildman–Crippen MR) is 101 cm³/mol. The average Bonchev–Trinajstić information content (AvgIpc) is 3.07. The van der Waals surface area contributed by atoms with Crippen LogP contribution in [0.15, 0.2) is 50.4 Å². The van der Waals surface area contributed by atoms with Crippen molar-refractivity contribution in [1.29, 1.82) is 0 Å². The predicted octanol–water partition coefficient (Wildman–Crippen LogP) is -0.136. The zero-order chi connectivity index (χ0) is 21.1. The number of benzene rings is 1. The van der Waals surface area contributed by atoms with Crippen LogP contribution in [0.1, 0.15) is 18.2 Å². The van der Waals surface area contributed by atoms with Crippen molar-refractivity contribution in [2.45, 2.75) is 29.8 Å². The van der Waals surface area contributed by atoms with Gasteiger partial charge in [-0.1, -0.05) is 0 Å². The second kappa shape index (κ2) is 8.61. The first-order chi connectivity index (χ1) is 13.8. The van der Waals surface area contributed by atoms with Crippen molar-refractivity contribution < 1.29 is 24.1 Å². The Hall–Kier alpha value is -2.93. The summed E-state index contributed by atoms with van der Waals surface area (Å²) in [5, 5.41) is 30.9. The lowest BCUT2D eigenvalue weighted by Gasteiger charge is -2.14. The van der Waals surface area contributed by atoms with Gasteiger partial charge < -0.3 is 14.9 Å². The molecule has 0 aliphatic carbocycles. The van der Waals surface area contributed by atoms with Crippen LogP contribution in [0.25, 0.3) is 6.08 Å². The minimum atomic E-state index is -1.69. The van der Waals surface area contributed by atoms with Crippen molar-refractivity contribution in [3.8, 4) is 0 Å². The average molecular weight is 423 g/mol. The van der Waals surface area contributed by atoms with Gasteiger partial charge in [-0.05, 0) is 18.2 Å². The van der Waals surface area contributed by atoms with E-state index < -0.39 is 52.0 Å². The van der Waals surface area contributed by atoms with Gasteiger partial charge in [-0.15, -0.1) is 0 Å². The summed E-state index contributed by atoms with van der Waals surface area (Å²) in [5.74, 6) is 0. The minimum absolute atomic E-state index is 0.0189. The Morgan fingerprint density at radius 2 is 2.03 bits per heavy atom. The maximum Gasteiger partial charge on any atom is 0.330 e. The Balaban J connectivity index is 1.83. The van der Waals surface area contributed by atoms with Gasteiger partial charge in [0, 0.05) is 35.1 Å². The molecule has 4 atom stereocenters. The van der Waals surface area contributed by atoms with E-state index in [2.05, 4.69) is 4.98 Å². The van der Waals surface area contributed by atoms with Gasteiger partial charge in [0.25, 0.3) is 11.2 Å². The number of nitrogens with zero attached hydrogens (tertiary/aromatic N) is 2. The maximum atomic E-state index is 12.3. The highest BCUT2D eigenvalue weighted by Gasteiger charge is 2.35. The number of ether oxygens (including phenoxy) is 1. The van der Waals surface area contributed by atoms with Gasteiger partial charge in [0.2, 0.25) is 0 Å². The van der Waals surface area contributed by atoms with Gasteiger partial charge in [0.15, 0.2) is 0 Å². The molecule has 29 heavy (non-hydrogen) atoms. The fraction of sp³-hybridized carbons (Fsp3) is 0.294. The highest BCUT2D eigenvalue weighted by Crippen LogP contribution is 2.27. The summed E-state index contributed by atoms with van der Waals surface area (Å²) in [6.07, 6.45) is -0.165. The smallest absolute Gasteiger partial charge is 0.330 e. The Bertz CT molecular complexity index is 1080. The van der Waals surface area contributed by atoms with Crippen molar-refractivity contribution in [3.63, 3.8) is 0 Å². The second-order valence-corrected chi connectivity index (χ2v) is 7.56. The van der Waals surface area contributed by atoms with Crippen molar-refractivity contribution in [2.75, 3.05) is 6.61 Å². The molecule has 0 bridgehead atoms. The van der Waals surface area contributed by atoms with Crippen LogP contribution in [0.3, 0.4) is 0 Å². The molecule has 1 saturated heterocycles. The second-order valence-electron chi connectivity index (χ2n) is 6.22. The molecule has 3 N–H and O–H groups in total. The number of nitrogens with one attached hydrogen (secondary N) is 1. The van der Waals surface area contributed by atoms with E-state index in [9.17, 15) is 29.0 Å². The molecule has 0 radical (unpaired) electrons. The van der Waals surface area contributed by atoms with Crippen LogP contribution >= 0.6 is 0 Å². The summed E-state index contributed by atoms with van der Waals surface area (Å²) in [5.41, 5.74) is -1.58. The largest absolute Gasteiger partial charge is 0.394 e. The SMILES string of the molecule is O=c1[nH]c(=O)n([C@H]2C[C@H](O)[C@@H](CO)O2)cc1/C=C/S(=O)c1ccc([N+](=O)[O-])cc1. The number of rotatable bonds is 6. The highest BCUT2D eigenvalue weighted by atomic mass is 32.2. The lowest BCUT2D eigenvalue weighted by Crippen LogP contribution is -2.33. The number of nitro groups is 1. The maximum absolute atomic E-state index is 12.3. The molecule has 11 nitrogen and oxygen atoms in total. The van der Waals surface area contributed by atoms with Gasteiger partial charge in [-0.3, -0.25) is 24.5 Å². The van der Waals surface area contributed by atoms with Crippen LogP contribution in [-0.4, -0.2) is 47.7 Å². The molecular formula is C17H17N3O8S. The number of aromatic amines is 1. The first-order valence-corrected chi connectivity index (χ1v) is 9.64. The zero-order valence-electron chi connectivity index (χ0n) is 14.8. The van der Waals surface area contributed by atoms with E-state index in [1.807, 2.05) is 0 Å². The fourth-order valence-electron chi connectivity index (χ4n) is 2.80. The Morgan fingerprint density at radius 1 is 1.34 bits per heavy atom. The molecule has 0 spiro atoms. The molecule has 1 fully saturated rings. The van der Waals surface area contributed by atoms with Gasteiger partial charge in [-0.2, -0.15) is 0 Å². The van der Waals surface area contributed by atoms with Crippen molar-refractivity contribution in [1.82, 2.24) is 9.55 Å². The van der Waals surface area contributed by atoms with E-state index >= 15 is 0 Å². The molecule has 0 saturated carbocycles. The van der Waals surface area contributed by atoms with E-state index in [1.165, 1.54) is 41.9 Å². The van der Waals surface area contributed by atoms with E-state index in [0.29, 0.717) is 4.90 Å². The molecule has 1 aliphatic heterocycles. The van der Waals surface area contributed by atoms with Crippen LogP contribution in [0, 0.1) is 10.1 Å². The third-order valence-electron chi connectivity index (χ3n) is 4.34. The van der Waals surface area contributed by atoms with Crippen LogP contribution < -0.4 is 11.2 Å². The Labute approximate surface area is 165 Å². The van der Waals surface area contributed by atoms with E-state index in [1.54, 1.807) is 0 Å². The Kier molecular flexibility index (Phi) is 6.17. The van der Waals surface area contributed by atoms with Crippen LogP contribution in [0.2, 0.25) is 0 Å².